The Balaban J connectivity index is 2.06. The molecular weight excluding hydrogens is 349 g/mol. The fourth-order valence-electron chi connectivity index (χ4n) is 2.22. The number of anilines is 1. The van der Waals surface area contributed by atoms with Crippen LogP contribution in [0.4, 0.5) is 5.69 Å². The zero-order valence-corrected chi connectivity index (χ0v) is 14.9. The van der Waals surface area contributed by atoms with Gasteiger partial charge in [-0.05, 0) is 48.7 Å². The summed E-state index contributed by atoms with van der Waals surface area (Å²) in [5.41, 5.74) is 2.56. The Labute approximate surface area is 150 Å². The molecule has 0 aromatic heterocycles. The lowest BCUT2D eigenvalue weighted by Crippen LogP contribution is -2.14. The highest BCUT2D eigenvalue weighted by Crippen LogP contribution is 2.26. The predicted octanol–water partition coefficient (Wildman–Crippen LogP) is 4.66. The maximum Gasteiger partial charge on any atom is 0.337 e. The second-order valence-electron chi connectivity index (χ2n) is 5.27. The summed E-state index contributed by atoms with van der Waals surface area (Å²) in [6, 6.07) is 10.2. The van der Waals surface area contributed by atoms with Gasteiger partial charge in [-0.25, -0.2) is 4.79 Å². The first kappa shape index (κ1) is 18.3. The van der Waals surface area contributed by atoms with Crippen LogP contribution in [0.3, 0.4) is 0 Å². The van der Waals surface area contributed by atoms with E-state index in [0.717, 1.165) is 11.1 Å². The van der Waals surface area contributed by atoms with Gasteiger partial charge in [0.15, 0.2) is 0 Å². The molecule has 0 saturated heterocycles. The quantitative estimate of drug-likeness (QED) is 0.783. The van der Waals surface area contributed by atoms with E-state index in [1.807, 2.05) is 6.92 Å². The topological polar surface area (TPSA) is 55.4 Å². The largest absolute Gasteiger partial charge is 0.465 e. The molecule has 2 aromatic rings. The van der Waals surface area contributed by atoms with Gasteiger partial charge in [0.05, 0.1) is 12.7 Å². The van der Waals surface area contributed by atoms with E-state index >= 15 is 0 Å². The molecule has 0 spiro atoms. The molecule has 0 saturated carbocycles. The van der Waals surface area contributed by atoms with Crippen LogP contribution in [-0.4, -0.2) is 19.0 Å². The molecule has 24 heavy (non-hydrogen) atoms. The van der Waals surface area contributed by atoms with Gasteiger partial charge < -0.3 is 10.1 Å². The second kappa shape index (κ2) is 8.18. The van der Waals surface area contributed by atoms with Gasteiger partial charge in [0, 0.05) is 22.2 Å². The monoisotopic (exact) mass is 365 g/mol. The number of nitrogens with one attached hydrogen (secondary N) is 1. The Morgan fingerprint density at radius 3 is 2.42 bits per heavy atom. The Bertz CT molecular complexity index is 755. The number of rotatable bonds is 5. The molecular formula is C18H17Cl2NO3. The van der Waals surface area contributed by atoms with Gasteiger partial charge in [-0.15, -0.1) is 0 Å². The van der Waals surface area contributed by atoms with Crippen molar-refractivity contribution in [2.45, 2.75) is 19.8 Å². The smallest absolute Gasteiger partial charge is 0.337 e. The van der Waals surface area contributed by atoms with Crippen LogP contribution < -0.4 is 5.32 Å². The summed E-state index contributed by atoms with van der Waals surface area (Å²) < 4.78 is 4.69. The fraction of sp³-hybridized carbons (Fsp3) is 0.222. The predicted molar refractivity (Wildman–Crippen MR) is 95.9 cm³/mol. The van der Waals surface area contributed by atoms with Crippen LogP contribution in [0.25, 0.3) is 0 Å². The molecule has 2 aromatic carbocycles. The number of carbonyl (C=O) groups excluding carboxylic acids is 2. The molecule has 0 fully saturated rings. The summed E-state index contributed by atoms with van der Waals surface area (Å²) in [6.07, 6.45) is 0.658. The molecule has 6 heteroatoms. The maximum atomic E-state index is 12.2. The van der Waals surface area contributed by atoms with Crippen molar-refractivity contribution >= 4 is 40.8 Å². The van der Waals surface area contributed by atoms with Gasteiger partial charge in [-0.1, -0.05) is 35.3 Å². The number of esters is 1. The first-order valence-corrected chi connectivity index (χ1v) is 8.09. The van der Waals surface area contributed by atoms with Gasteiger partial charge >= 0.3 is 5.97 Å². The van der Waals surface area contributed by atoms with E-state index in [1.54, 1.807) is 36.4 Å². The normalized spacial score (nSPS) is 10.3. The number of benzene rings is 2. The molecule has 0 bridgehead atoms. The summed E-state index contributed by atoms with van der Waals surface area (Å²) >= 11 is 12.2. The van der Waals surface area contributed by atoms with Gasteiger partial charge in [-0.3, -0.25) is 4.79 Å². The molecule has 0 aliphatic carbocycles. The van der Waals surface area contributed by atoms with E-state index in [0.29, 0.717) is 27.7 Å². The van der Waals surface area contributed by atoms with Crippen LogP contribution >= 0.6 is 23.2 Å². The lowest BCUT2D eigenvalue weighted by molar-refractivity contribution is -0.116. The number of ether oxygens (including phenoxy) is 1. The van der Waals surface area contributed by atoms with E-state index in [4.69, 9.17) is 23.2 Å². The Morgan fingerprint density at radius 2 is 1.79 bits per heavy atom. The minimum atomic E-state index is -0.451. The van der Waals surface area contributed by atoms with Gasteiger partial charge in [0.25, 0.3) is 0 Å². The van der Waals surface area contributed by atoms with Crippen LogP contribution in [0, 0.1) is 6.92 Å². The molecule has 0 aliphatic rings. The average Bonchev–Trinajstić information content (AvgIpc) is 2.55. The highest BCUT2D eigenvalue weighted by atomic mass is 35.5. The van der Waals surface area contributed by atoms with Crippen molar-refractivity contribution in [2.24, 2.45) is 0 Å². The zero-order chi connectivity index (χ0) is 17.7. The molecule has 0 atom stereocenters. The number of carbonyl (C=O) groups is 2. The maximum absolute atomic E-state index is 12.2. The highest BCUT2D eigenvalue weighted by Gasteiger charge is 2.12. The molecule has 1 amide bonds. The van der Waals surface area contributed by atoms with Crippen molar-refractivity contribution in [1.29, 1.82) is 0 Å². The third-order valence-electron chi connectivity index (χ3n) is 3.60. The highest BCUT2D eigenvalue weighted by molar-refractivity contribution is 6.36. The number of amides is 1. The van der Waals surface area contributed by atoms with Crippen molar-refractivity contribution < 1.29 is 14.3 Å². The van der Waals surface area contributed by atoms with Crippen molar-refractivity contribution in [3.8, 4) is 0 Å². The van der Waals surface area contributed by atoms with Crippen molar-refractivity contribution in [3.63, 3.8) is 0 Å². The minimum Gasteiger partial charge on any atom is -0.465 e. The van der Waals surface area contributed by atoms with E-state index in [2.05, 4.69) is 10.1 Å². The Kier molecular flexibility index (Phi) is 6.23. The average molecular weight is 366 g/mol. The molecule has 0 unspecified atom stereocenters. The molecule has 1 N–H and O–H groups in total. The van der Waals surface area contributed by atoms with Crippen molar-refractivity contribution in [3.05, 3.63) is 63.1 Å². The van der Waals surface area contributed by atoms with E-state index in [9.17, 15) is 9.59 Å². The minimum absolute atomic E-state index is 0.184. The third-order valence-corrected chi connectivity index (χ3v) is 4.30. The van der Waals surface area contributed by atoms with E-state index in [-0.39, 0.29) is 12.3 Å². The summed E-state index contributed by atoms with van der Waals surface area (Å²) in [6.45, 7) is 1.85. The fourth-order valence-corrected chi connectivity index (χ4v) is 2.81. The number of hydrogen-bond donors (Lipinski definition) is 1. The first-order chi connectivity index (χ1) is 11.4. The molecule has 126 valence electrons. The van der Waals surface area contributed by atoms with Gasteiger partial charge in [0.1, 0.15) is 0 Å². The summed E-state index contributed by atoms with van der Waals surface area (Å²) in [7, 11) is 1.31. The van der Waals surface area contributed by atoms with Crippen molar-refractivity contribution in [2.75, 3.05) is 12.4 Å². The van der Waals surface area contributed by atoms with Crippen molar-refractivity contribution in [1.82, 2.24) is 0 Å². The standard InChI is InChI=1S/C18H17Cl2NO3/c1-11-6-7-12(18(23)24-2)10-16(11)21-17(22)9-8-13-14(19)4-3-5-15(13)20/h3-7,10H,8-9H2,1-2H3,(H,21,22). The molecule has 0 heterocycles. The molecule has 0 aliphatic heterocycles. The number of methoxy groups -OCH3 is 1. The third kappa shape index (κ3) is 4.49. The Hall–Kier alpha value is -2.04. The van der Waals surface area contributed by atoms with Crippen LogP contribution in [0.2, 0.25) is 10.0 Å². The zero-order valence-electron chi connectivity index (χ0n) is 13.4. The SMILES string of the molecule is COC(=O)c1ccc(C)c(NC(=O)CCc2c(Cl)cccc2Cl)c1. The lowest BCUT2D eigenvalue weighted by atomic mass is 10.1. The van der Waals surface area contributed by atoms with Gasteiger partial charge in [0.2, 0.25) is 5.91 Å². The number of hydrogen-bond acceptors (Lipinski definition) is 3. The van der Waals surface area contributed by atoms with Crippen LogP contribution in [0.1, 0.15) is 27.9 Å². The lowest BCUT2D eigenvalue weighted by Gasteiger charge is -2.11. The van der Waals surface area contributed by atoms with Gasteiger partial charge in [-0.2, -0.15) is 0 Å². The summed E-state index contributed by atoms with van der Waals surface area (Å²) in [5.74, 6) is -0.635. The molecule has 2 rings (SSSR count). The molecule has 4 nitrogen and oxygen atoms in total. The van der Waals surface area contributed by atoms with Crippen LogP contribution in [-0.2, 0) is 16.0 Å². The number of aryl methyl sites for hydroxylation is 1. The molecule has 0 radical (unpaired) electrons. The Morgan fingerprint density at radius 1 is 1.12 bits per heavy atom. The summed E-state index contributed by atoms with van der Waals surface area (Å²) in [4.78, 5) is 23.8. The van der Waals surface area contributed by atoms with Crippen LogP contribution in [0.15, 0.2) is 36.4 Å². The first-order valence-electron chi connectivity index (χ1n) is 7.34. The second-order valence-corrected chi connectivity index (χ2v) is 6.08. The van der Waals surface area contributed by atoms with Crippen LogP contribution in [0.5, 0.6) is 0 Å². The number of halogens is 2. The van der Waals surface area contributed by atoms with E-state index in [1.165, 1.54) is 7.11 Å². The van der Waals surface area contributed by atoms with E-state index < -0.39 is 5.97 Å². The summed E-state index contributed by atoms with van der Waals surface area (Å²) in [5, 5.41) is 3.89.